The number of aromatic carboxylic acids is 1. The van der Waals surface area contributed by atoms with Gasteiger partial charge in [0.2, 0.25) is 0 Å². The number of carboxylic acid groups (broad SMARTS) is 1. The Morgan fingerprint density at radius 3 is 1.86 bits per heavy atom. The molecule has 6 N–H and O–H groups in total. The van der Waals surface area contributed by atoms with Crippen LogP contribution in [0.15, 0.2) is 18.2 Å². The molecule has 7 heteroatoms. The largest absolute Gasteiger partial charge is 0.478 e. The van der Waals surface area contributed by atoms with Crippen molar-refractivity contribution in [2.24, 2.45) is 0 Å². The number of aliphatic hydroxyl groups is 5. The van der Waals surface area contributed by atoms with Gasteiger partial charge in [-0.2, -0.15) is 0 Å². The molecule has 0 aliphatic heterocycles. The van der Waals surface area contributed by atoms with Crippen molar-refractivity contribution < 1.29 is 35.4 Å². The van der Waals surface area contributed by atoms with Crippen molar-refractivity contribution in [3.05, 3.63) is 34.9 Å². The molecule has 0 radical (unpaired) electrons. The van der Waals surface area contributed by atoms with Crippen LogP contribution in [0, 0.1) is 13.8 Å². The van der Waals surface area contributed by atoms with Gasteiger partial charge in [0, 0.05) is 0 Å². The van der Waals surface area contributed by atoms with Gasteiger partial charge in [-0.15, -0.1) is 0 Å². The normalized spacial score (nSPS) is 14.6. The highest BCUT2D eigenvalue weighted by atomic mass is 16.4. The lowest BCUT2D eigenvalue weighted by Crippen LogP contribution is -2.41. The van der Waals surface area contributed by atoms with Crippen LogP contribution in [0.2, 0.25) is 0 Å². The molecule has 1 aromatic carbocycles. The molecule has 0 heterocycles. The van der Waals surface area contributed by atoms with Crippen LogP contribution >= 0.6 is 0 Å². The zero-order chi connectivity index (χ0) is 16.6. The number of carbonyl (C=O) groups is 1. The standard InChI is InChI=1S/C9H10O2.C5H12O5/c1-6-4-3-5-8(7(6)2)9(10)11;6-1-3(8)5(10)4(9)2-7/h3-5H,1-2H3,(H,10,11);3-10H,1-2H2/t;3-,4+,5+. The van der Waals surface area contributed by atoms with Gasteiger partial charge in [-0.3, -0.25) is 0 Å². The Balaban J connectivity index is 0.000000384. The summed E-state index contributed by atoms with van der Waals surface area (Å²) in [5.74, 6) is -0.855. The zero-order valence-corrected chi connectivity index (χ0v) is 12.0. The van der Waals surface area contributed by atoms with E-state index in [1.807, 2.05) is 19.9 Å². The van der Waals surface area contributed by atoms with Crippen LogP contribution in [-0.4, -0.2) is 68.1 Å². The van der Waals surface area contributed by atoms with E-state index >= 15 is 0 Å². The SMILES string of the molecule is Cc1cccc(C(=O)O)c1C.OC[C@@H](O)[C@H](O)[C@@H](O)CO. The van der Waals surface area contributed by atoms with Gasteiger partial charge < -0.3 is 30.6 Å². The van der Waals surface area contributed by atoms with E-state index in [0.717, 1.165) is 11.1 Å². The predicted octanol–water partition coefficient (Wildman–Crippen LogP) is -0.945. The van der Waals surface area contributed by atoms with Crippen molar-refractivity contribution in [3.8, 4) is 0 Å². The summed E-state index contributed by atoms with van der Waals surface area (Å²) < 4.78 is 0. The highest BCUT2D eigenvalue weighted by Gasteiger charge is 2.22. The maximum atomic E-state index is 10.6. The van der Waals surface area contributed by atoms with Crippen LogP contribution in [0.5, 0.6) is 0 Å². The molecule has 0 saturated carbocycles. The van der Waals surface area contributed by atoms with E-state index in [9.17, 15) is 4.79 Å². The fraction of sp³-hybridized carbons (Fsp3) is 0.500. The lowest BCUT2D eigenvalue weighted by atomic mass is 10.0. The summed E-state index contributed by atoms with van der Waals surface area (Å²) in [6.45, 7) is 2.44. The molecule has 1 rings (SSSR count). The number of aliphatic hydroxyl groups excluding tert-OH is 5. The van der Waals surface area contributed by atoms with E-state index in [-0.39, 0.29) is 0 Å². The highest BCUT2D eigenvalue weighted by molar-refractivity contribution is 5.89. The highest BCUT2D eigenvalue weighted by Crippen LogP contribution is 2.11. The van der Waals surface area contributed by atoms with Crippen molar-refractivity contribution in [2.75, 3.05) is 13.2 Å². The summed E-state index contributed by atoms with van der Waals surface area (Å²) >= 11 is 0. The van der Waals surface area contributed by atoms with E-state index < -0.39 is 37.5 Å². The van der Waals surface area contributed by atoms with Gasteiger partial charge in [-0.25, -0.2) is 4.79 Å². The Morgan fingerprint density at radius 1 is 1.05 bits per heavy atom. The second-order valence-electron chi connectivity index (χ2n) is 4.54. The van der Waals surface area contributed by atoms with Gasteiger partial charge in [0.15, 0.2) is 0 Å². The second kappa shape index (κ2) is 9.43. The van der Waals surface area contributed by atoms with Gasteiger partial charge >= 0.3 is 5.97 Å². The summed E-state index contributed by atoms with van der Waals surface area (Å²) in [6.07, 6.45) is -4.29. The molecule has 7 nitrogen and oxygen atoms in total. The molecule has 21 heavy (non-hydrogen) atoms. The number of carboxylic acids is 1. The van der Waals surface area contributed by atoms with Crippen LogP contribution in [0.1, 0.15) is 21.5 Å². The minimum absolute atomic E-state index is 0.394. The molecule has 0 aromatic heterocycles. The van der Waals surface area contributed by atoms with Crippen molar-refractivity contribution >= 4 is 5.97 Å². The first-order valence-corrected chi connectivity index (χ1v) is 6.31. The third-order valence-electron chi connectivity index (χ3n) is 3.00. The maximum absolute atomic E-state index is 10.6. The monoisotopic (exact) mass is 302 g/mol. The lowest BCUT2D eigenvalue weighted by molar-refractivity contribution is -0.0900. The molecule has 0 aliphatic carbocycles. The summed E-state index contributed by atoms with van der Waals surface area (Å²) in [4.78, 5) is 10.6. The summed E-state index contributed by atoms with van der Waals surface area (Å²) in [5, 5.41) is 51.3. The molecule has 0 aliphatic rings. The lowest BCUT2D eigenvalue weighted by Gasteiger charge is -2.19. The van der Waals surface area contributed by atoms with Crippen LogP contribution in [-0.2, 0) is 0 Å². The molecule has 0 fully saturated rings. The van der Waals surface area contributed by atoms with Crippen LogP contribution in [0.4, 0.5) is 0 Å². The van der Waals surface area contributed by atoms with Gasteiger partial charge in [-0.1, -0.05) is 12.1 Å². The van der Waals surface area contributed by atoms with Crippen molar-refractivity contribution in [3.63, 3.8) is 0 Å². The molecule has 0 unspecified atom stereocenters. The number of rotatable bonds is 5. The Hall–Kier alpha value is -1.51. The third kappa shape index (κ3) is 6.19. The number of hydrogen-bond donors (Lipinski definition) is 6. The maximum Gasteiger partial charge on any atom is 0.335 e. The molecule has 0 bridgehead atoms. The van der Waals surface area contributed by atoms with Crippen molar-refractivity contribution in [1.29, 1.82) is 0 Å². The Kier molecular flexibility index (Phi) is 8.75. The number of benzene rings is 1. The Bertz CT molecular complexity index is 437. The topological polar surface area (TPSA) is 138 Å². The van der Waals surface area contributed by atoms with E-state index in [0.29, 0.717) is 5.56 Å². The molecular formula is C14H22O7. The van der Waals surface area contributed by atoms with E-state index in [4.69, 9.17) is 30.6 Å². The van der Waals surface area contributed by atoms with Crippen molar-refractivity contribution in [1.82, 2.24) is 0 Å². The van der Waals surface area contributed by atoms with Gasteiger partial charge in [0.25, 0.3) is 0 Å². The number of aryl methyl sites for hydroxylation is 1. The first-order valence-electron chi connectivity index (χ1n) is 6.31. The van der Waals surface area contributed by atoms with Crippen LogP contribution in [0.3, 0.4) is 0 Å². The average molecular weight is 302 g/mol. The summed E-state index contributed by atoms with van der Waals surface area (Å²) in [6, 6.07) is 5.28. The fourth-order valence-corrected chi connectivity index (χ4v) is 1.46. The predicted molar refractivity (Wildman–Crippen MR) is 75.1 cm³/mol. The third-order valence-corrected chi connectivity index (χ3v) is 3.00. The Morgan fingerprint density at radius 2 is 1.52 bits per heavy atom. The first-order chi connectivity index (χ1) is 9.76. The molecule has 3 atom stereocenters. The average Bonchev–Trinajstić information content (AvgIpc) is 2.47. The van der Waals surface area contributed by atoms with E-state index in [1.165, 1.54) is 0 Å². The smallest absolute Gasteiger partial charge is 0.335 e. The minimum atomic E-state index is -1.49. The minimum Gasteiger partial charge on any atom is -0.478 e. The molecule has 0 spiro atoms. The van der Waals surface area contributed by atoms with Crippen LogP contribution < -0.4 is 0 Å². The molecule has 0 saturated heterocycles. The fourth-order valence-electron chi connectivity index (χ4n) is 1.46. The molecule has 0 amide bonds. The summed E-state index contributed by atoms with van der Waals surface area (Å²) in [7, 11) is 0. The van der Waals surface area contributed by atoms with E-state index in [2.05, 4.69) is 0 Å². The van der Waals surface area contributed by atoms with E-state index in [1.54, 1.807) is 12.1 Å². The quantitative estimate of drug-likeness (QED) is 0.412. The van der Waals surface area contributed by atoms with Crippen molar-refractivity contribution in [2.45, 2.75) is 32.2 Å². The Labute approximate surface area is 122 Å². The zero-order valence-electron chi connectivity index (χ0n) is 12.0. The van der Waals surface area contributed by atoms with Gasteiger partial charge in [0.05, 0.1) is 18.8 Å². The van der Waals surface area contributed by atoms with Gasteiger partial charge in [-0.05, 0) is 31.0 Å². The summed E-state index contributed by atoms with van der Waals surface area (Å²) in [5.41, 5.74) is 2.26. The number of hydrogen-bond acceptors (Lipinski definition) is 6. The molecule has 120 valence electrons. The second-order valence-corrected chi connectivity index (χ2v) is 4.54. The molecule has 1 aromatic rings. The first kappa shape index (κ1) is 19.5. The molecular weight excluding hydrogens is 280 g/mol. The van der Waals surface area contributed by atoms with Crippen LogP contribution in [0.25, 0.3) is 0 Å². The van der Waals surface area contributed by atoms with Gasteiger partial charge in [0.1, 0.15) is 18.3 Å².